The van der Waals surface area contributed by atoms with E-state index in [4.69, 9.17) is 0 Å². The third-order valence-corrected chi connectivity index (χ3v) is 3.71. The van der Waals surface area contributed by atoms with Crippen molar-refractivity contribution in [2.45, 2.75) is 25.5 Å². The molecule has 0 radical (unpaired) electrons. The lowest BCUT2D eigenvalue weighted by Gasteiger charge is -2.37. The van der Waals surface area contributed by atoms with E-state index < -0.39 is 17.5 Å². The number of hydrogen-bond donors (Lipinski definition) is 1. The molecule has 0 amide bonds. The molecular formula is C12H17BrFNO. The summed E-state index contributed by atoms with van der Waals surface area (Å²) >= 11 is 3.12. The molecule has 1 rings (SSSR count). The van der Waals surface area contributed by atoms with E-state index in [1.54, 1.807) is 18.2 Å². The molecule has 4 heteroatoms. The van der Waals surface area contributed by atoms with Crippen LogP contribution < -0.4 is 0 Å². The minimum atomic E-state index is -0.875. The van der Waals surface area contributed by atoms with Gasteiger partial charge in [-0.05, 0) is 49.9 Å². The fraction of sp³-hybridized carbons (Fsp3) is 0.500. The van der Waals surface area contributed by atoms with Crippen LogP contribution in [0.2, 0.25) is 0 Å². The highest BCUT2D eigenvalue weighted by Gasteiger charge is 2.33. The van der Waals surface area contributed by atoms with Crippen LogP contribution in [0.3, 0.4) is 0 Å². The van der Waals surface area contributed by atoms with Gasteiger partial charge in [-0.2, -0.15) is 0 Å². The first-order valence-corrected chi connectivity index (χ1v) is 5.87. The molecule has 0 saturated heterocycles. The smallest absolute Gasteiger partial charge is 0.143 e. The third kappa shape index (κ3) is 2.44. The lowest BCUT2D eigenvalue weighted by Crippen LogP contribution is -2.44. The van der Waals surface area contributed by atoms with E-state index in [0.717, 1.165) is 0 Å². The van der Waals surface area contributed by atoms with Crippen LogP contribution in [-0.2, 0) is 0 Å². The predicted octanol–water partition coefficient (Wildman–Crippen LogP) is 2.96. The van der Waals surface area contributed by atoms with E-state index in [0.29, 0.717) is 10.0 Å². The molecule has 0 heterocycles. The number of benzene rings is 1. The average Bonchev–Trinajstić information content (AvgIpc) is 2.21. The number of aliphatic hydroxyl groups is 1. The van der Waals surface area contributed by atoms with E-state index in [-0.39, 0.29) is 0 Å². The third-order valence-electron chi connectivity index (χ3n) is 3.10. The van der Waals surface area contributed by atoms with Gasteiger partial charge < -0.3 is 10.0 Å². The van der Waals surface area contributed by atoms with Gasteiger partial charge in [0.25, 0.3) is 0 Å². The SMILES string of the molecule is CN(C)C(C)(C)C(O)c1cccc(Br)c1F. The summed E-state index contributed by atoms with van der Waals surface area (Å²) in [6.07, 6.45) is -0.875. The molecule has 16 heavy (non-hydrogen) atoms. The predicted molar refractivity (Wildman–Crippen MR) is 66.8 cm³/mol. The molecule has 0 aromatic heterocycles. The Morgan fingerprint density at radius 2 is 1.94 bits per heavy atom. The second kappa shape index (κ2) is 4.82. The Hall–Kier alpha value is -0.450. The van der Waals surface area contributed by atoms with Gasteiger partial charge in [0.2, 0.25) is 0 Å². The Bertz CT molecular complexity index is 379. The van der Waals surface area contributed by atoms with Crippen LogP contribution in [0.5, 0.6) is 0 Å². The van der Waals surface area contributed by atoms with Gasteiger partial charge in [-0.15, -0.1) is 0 Å². The minimum absolute atomic E-state index is 0.313. The summed E-state index contributed by atoms with van der Waals surface area (Å²) < 4.78 is 14.2. The first-order chi connectivity index (χ1) is 7.28. The van der Waals surface area contributed by atoms with Crippen molar-refractivity contribution in [2.24, 2.45) is 0 Å². The highest BCUT2D eigenvalue weighted by atomic mass is 79.9. The summed E-state index contributed by atoms with van der Waals surface area (Å²) in [6.45, 7) is 3.75. The Labute approximate surface area is 104 Å². The molecule has 2 nitrogen and oxygen atoms in total. The maximum atomic E-state index is 13.8. The van der Waals surface area contributed by atoms with Crippen molar-refractivity contribution in [3.63, 3.8) is 0 Å². The molecule has 0 saturated carbocycles. The number of likely N-dealkylation sites (N-methyl/N-ethyl adjacent to an activating group) is 1. The summed E-state index contributed by atoms with van der Waals surface area (Å²) in [5, 5.41) is 10.2. The molecule has 0 bridgehead atoms. The topological polar surface area (TPSA) is 23.5 Å². The first kappa shape index (κ1) is 13.6. The van der Waals surface area contributed by atoms with Gasteiger partial charge in [0.1, 0.15) is 5.82 Å². The van der Waals surface area contributed by atoms with Crippen molar-refractivity contribution in [3.05, 3.63) is 34.1 Å². The standard InChI is InChI=1S/C12H17BrFNO/c1-12(2,15(3)4)11(16)8-6-5-7-9(13)10(8)14/h5-7,11,16H,1-4H3. The zero-order valence-corrected chi connectivity index (χ0v) is 11.5. The molecule has 1 aromatic rings. The lowest BCUT2D eigenvalue weighted by molar-refractivity contribution is 0.0141. The van der Waals surface area contributed by atoms with Gasteiger partial charge >= 0.3 is 0 Å². The molecule has 0 aliphatic rings. The van der Waals surface area contributed by atoms with Crippen molar-refractivity contribution in [1.82, 2.24) is 4.90 Å². The van der Waals surface area contributed by atoms with E-state index in [1.165, 1.54) is 0 Å². The van der Waals surface area contributed by atoms with Crippen molar-refractivity contribution in [2.75, 3.05) is 14.1 Å². The highest BCUT2D eigenvalue weighted by molar-refractivity contribution is 9.10. The maximum absolute atomic E-state index is 13.8. The van der Waals surface area contributed by atoms with Gasteiger partial charge in [0, 0.05) is 11.1 Å². The monoisotopic (exact) mass is 289 g/mol. The average molecular weight is 290 g/mol. The normalized spacial score (nSPS) is 14.2. The number of halogens is 2. The number of rotatable bonds is 3. The van der Waals surface area contributed by atoms with Crippen LogP contribution in [-0.4, -0.2) is 29.6 Å². The molecule has 1 unspecified atom stereocenters. The van der Waals surface area contributed by atoms with Crippen molar-refractivity contribution in [1.29, 1.82) is 0 Å². The second-order valence-corrected chi connectivity index (χ2v) is 5.45. The molecule has 0 aliphatic carbocycles. The van der Waals surface area contributed by atoms with Crippen molar-refractivity contribution in [3.8, 4) is 0 Å². The van der Waals surface area contributed by atoms with Gasteiger partial charge in [-0.3, -0.25) is 0 Å². The molecular weight excluding hydrogens is 273 g/mol. The van der Waals surface area contributed by atoms with Crippen LogP contribution in [0.1, 0.15) is 25.5 Å². The summed E-state index contributed by atoms with van der Waals surface area (Å²) in [7, 11) is 3.72. The minimum Gasteiger partial charge on any atom is -0.386 e. The van der Waals surface area contributed by atoms with Crippen LogP contribution in [0.25, 0.3) is 0 Å². The van der Waals surface area contributed by atoms with Crippen LogP contribution in [0.4, 0.5) is 4.39 Å². The Morgan fingerprint density at radius 1 is 1.38 bits per heavy atom. The van der Waals surface area contributed by atoms with Gasteiger partial charge in [0.05, 0.1) is 10.6 Å². The molecule has 90 valence electrons. The largest absolute Gasteiger partial charge is 0.386 e. The molecule has 0 spiro atoms. The van der Waals surface area contributed by atoms with Gasteiger partial charge in [-0.1, -0.05) is 12.1 Å². The number of aliphatic hydroxyl groups excluding tert-OH is 1. The Kier molecular flexibility index (Phi) is 4.10. The van der Waals surface area contributed by atoms with E-state index >= 15 is 0 Å². The van der Waals surface area contributed by atoms with Crippen LogP contribution in [0.15, 0.2) is 22.7 Å². The highest BCUT2D eigenvalue weighted by Crippen LogP contribution is 2.32. The number of nitrogens with zero attached hydrogens (tertiary/aromatic N) is 1. The second-order valence-electron chi connectivity index (χ2n) is 4.59. The molecule has 0 aliphatic heterocycles. The molecule has 1 atom stereocenters. The summed E-state index contributed by atoms with van der Waals surface area (Å²) in [4.78, 5) is 1.87. The lowest BCUT2D eigenvalue weighted by atomic mass is 9.90. The van der Waals surface area contributed by atoms with Gasteiger partial charge in [-0.25, -0.2) is 4.39 Å². The summed E-state index contributed by atoms with van der Waals surface area (Å²) in [5.41, 5.74) is -0.213. The Morgan fingerprint density at radius 3 is 2.44 bits per heavy atom. The molecule has 1 aromatic carbocycles. The van der Waals surface area contributed by atoms with E-state index in [2.05, 4.69) is 15.9 Å². The molecule has 1 N–H and O–H groups in total. The first-order valence-electron chi connectivity index (χ1n) is 5.08. The quantitative estimate of drug-likeness (QED) is 0.925. The van der Waals surface area contributed by atoms with Crippen molar-refractivity contribution < 1.29 is 9.50 Å². The van der Waals surface area contributed by atoms with Gasteiger partial charge in [0.15, 0.2) is 0 Å². The van der Waals surface area contributed by atoms with Crippen LogP contribution >= 0.6 is 15.9 Å². The van der Waals surface area contributed by atoms with Crippen molar-refractivity contribution >= 4 is 15.9 Å². The Balaban J connectivity index is 3.15. The van der Waals surface area contributed by atoms with Crippen LogP contribution in [0, 0.1) is 5.82 Å². The molecule has 0 fully saturated rings. The zero-order chi connectivity index (χ0) is 12.5. The summed E-state index contributed by atoms with van der Waals surface area (Å²) in [6, 6.07) is 4.95. The zero-order valence-electron chi connectivity index (χ0n) is 9.96. The number of hydrogen-bond acceptors (Lipinski definition) is 2. The fourth-order valence-electron chi connectivity index (χ4n) is 1.36. The fourth-order valence-corrected chi connectivity index (χ4v) is 1.74. The summed E-state index contributed by atoms with van der Waals surface area (Å²) in [5.74, 6) is -0.398. The van der Waals surface area contributed by atoms with E-state index in [9.17, 15) is 9.50 Å². The van der Waals surface area contributed by atoms with E-state index in [1.807, 2.05) is 32.8 Å². The maximum Gasteiger partial charge on any atom is 0.143 e.